The lowest BCUT2D eigenvalue weighted by Gasteiger charge is -2.34. The van der Waals surface area contributed by atoms with Gasteiger partial charge in [-0.15, -0.1) is 12.6 Å². The fourth-order valence-electron chi connectivity index (χ4n) is 2.17. The maximum absolute atomic E-state index is 12.1. The molecule has 0 radical (unpaired) electrons. The Hall–Kier alpha value is -1.75. The number of benzene rings is 1. The van der Waals surface area contributed by atoms with Crippen LogP contribution in [0, 0.1) is 0 Å². The SMILES string of the molecule is C=C(S)C(=O)N1c2ccccc2CCC1C(=O)O. The summed E-state index contributed by atoms with van der Waals surface area (Å²) in [6.07, 6.45) is 1.05. The molecule has 1 N–H and O–H groups in total. The molecule has 1 aromatic rings. The molecule has 1 atom stereocenters. The molecule has 1 aliphatic rings. The van der Waals surface area contributed by atoms with Gasteiger partial charge in [0, 0.05) is 5.69 Å². The number of carbonyl (C=O) groups is 2. The second-order valence-electron chi connectivity index (χ2n) is 4.14. The van der Waals surface area contributed by atoms with Crippen LogP contribution in [0.1, 0.15) is 12.0 Å². The van der Waals surface area contributed by atoms with Gasteiger partial charge in [0.2, 0.25) is 0 Å². The molecule has 0 saturated heterocycles. The molecule has 94 valence electrons. The largest absolute Gasteiger partial charge is 0.480 e. The van der Waals surface area contributed by atoms with Crippen molar-refractivity contribution < 1.29 is 14.7 Å². The van der Waals surface area contributed by atoms with Crippen LogP contribution < -0.4 is 4.90 Å². The van der Waals surface area contributed by atoms with Crippen molar-refractivity contribution in [3.63, 3.8) is 0 Å². The minimum Gasteiger partial charge on any atom is -0.480 e. The summed E-state index contributed by atoms with van der Waals surface area (Å²) in [6, 6.07) is 6.45. The van der Waals surface area contributed by atoms with Crippen molar-refractivity contribution in [2.75, 3.05) is 4.90 Å². The Morgan fingerprint density at radius 1 is 1.39 bits per heavy atom. The highest BCUT2D eigenvalue weighted by Gasteiger charge is 2.35. The summed E-state index contributed by atoms with van der Waals surface area (Å²) in [4.78, 5) is 24.6. The number of amides is 1. The van der Waals surface area contributed by atoms with Crippen LogP contribution in [0.5, 0.6) is 0 Å². The van der Waals surface area contributed by atoms with Crippen molar-refractivity contribution in [3.05, 3.63) is 41.3 Å². The number of carboxylic acid groups (broad SMARTS) is 1. The maximum Gasteiger partial charge on any atom is 0.326 e. The monoisotopic (exact) mass is 263 g/mol. The van der Waals surface area contributed by atoms with Gasteiger partial charge < -0.3 is 5.11 Å². The molecule has 1 unspecified atom stereocenters. The molecule has 0 saturated carbocycles. The number of para-hydroxylation sites is 1. The molecular formula is C13H13NO3S. The smallest absolute Gasteiger partial charge is 0.326 e. The summed E-state index contributed by atoms with van der Waals surface area (Å²) in [5.74, 6) is -1.47. The van der Waals surface area contributed by atoms with E-state index in [9.17, 15) is 14.7 Å². The molecule has 0 fully saturated rings. The quantitative estimate of drug-likeness (QED) is 0.632. The van der Waals surface area contributed by atoms with Crippen molar-refractivity contribution >= 4 is 30.2 Å². The van der Waals surface area contributed by atoms with E-state index < -0.39 is 17.9 Å². The second kappa shape index (κ2) is 4.86. The third kappa shape index (κ3) is 2.13. The number of hydrogen-bond donors (Lipinski definition) is 2. The first-order valence-electron chi connectivity index (χ1n) is 5.54. The number of hydrogen-bond acceptors (Lipinski definition) is 3. The fourth-order valence-corrected chi connectivity index (χ4v) is 2.28. The lowest BCUT2D eigenvalue weighted by Crippen LogP contribution is -2.48. The van der Waals surface area contributed by atoms with Crippen LogP contribution in [-0.2, 0) is 16.0 Å². The first-order chi connectivity index (χ1) is 8.52. The zero-order valence-corrected chi connectivity index (χ0v) is 10.6. The van der Waals surface area contributed by atoms with E-state index in [2.05, 4.69) is 19.2 Å². The third-order valence-electron chi connectivity index (χ3n) is 3.00. The van der Waals surface area contributed by atoms with Gasteiger partial charge >= 0.3 is 5.97 Å². The van der Waals surface area contributed by atoms with E-state index in [1.54, 1.807) is 12.1 Å². The van der Waals surface area contributed by atoms with Crippen LogP contribution in [0.2, 0.25) is 0 Å². The normalized spacial score (nSPS) is 18.1. The predicted molar refractivity (Wildman–Crippen MR) is 71.8 cm³/mol. The van der Waals surface area contributed by atoms with E-state index in [0.717, 1.165) is 5.56 Å². The van der Waals surface area contributed by atoms with E-state index in [0.29, 0.717) is 18.5 Å². The first kappa shape index (κ1) is 12.7. The molecular weight excluding hydrogens is 250 g/mol. The number of thiol groups is 1. The summed E-state index contributed by atoms with van der Waals surface area (Å²) < 4.78 is 0. The summed E-state index contributed by atoms with van der Waals surface area (Å²) in [6.45, 7) is 3.48. The lowest BCUT2D eigenvalue weighted by molar-refractivity contribution is -0.140. The molecule has 0 aliphatic carbocycles. The molecule has 0 aromatic heterocycles. The van der Waals surface area contributed by atoms with E-state index in [1.165, 1.54) is 4.90 Å². The van der Waals surface area contributed by atoms with Gasteiger partial charge in [0.1, 0.15) is 6.04 Å². The van der Waals surface area contributed by atoms with Crippen LogP contribution >= 0.6 is 12.6 Å². The highest BCUT2D eigenvalue weighted by molar-refractivity contribution is 7.85. The average molecular weight is 263 g/mol. The number of aliphatic carboxylic acids is 1. The highest BCUT2D eigenvalue weighted by Crippen LogP contribution is 2.32. The van der Waals surface area contributed by atoms with Crippen molar-refractivity contribution in [3.8, 4) is 0 Å². The van der Waals surface area contributed by atoms with E-state index >= 15 is 0 Å². The minimum absolute atomic E-state index is 0.0398. The van der Waals surface area contributed by atoms with Crippen molar-refractivity contribution in [1.29, 1.82) is 0 Å². The lowest BCUT2D eigenvalue weighted by atomic mass is 9.95. The molecule has 1 aromatic carbocycles. The number of aryl methyl sites for hydroxylation is 1. The van der Waals surface area contributed by atoms with Gasteiger partial charge in [0.25, 0.3) is 5.91 Å². The van der Waals surface area contributed by atoms with Crippen LogP contribution in [-0.4, -0.2) is 23.0 Å². The van der Waals surface area contributed by atoms with Gasteiger partial charge in [-0.1, -0.05) is 24.8 Å². The molecule has 5 heteroatoms. The number of anilines is 1. The first-order valence-corrected chi connectivity index (χ1v) is 5.99. The Balaban J connectivity index is 2.50. The van der Waals surface area contributed by atoms with Gasteiger partial charge in [-0.25, -0.2) is 4.79 Å². The summed E-state index contributed by atoms with van der Waals surface area (Å²) in [7, 11) is 0. The second-order valence-corrected chi connectivity index (χ2v) is 4.68. The Labute approximate surface area is 110 Å². The zero-order chi connectivity index (χ0) is 13.3. The molecule has 0 spiro atoms. The average Bonchev–Trinajstić information content (AvgIpc) is 2.36. The molecule has 0 bridgehead atoms. The summed E-state index contributed by atoms with van der Waals surface area (Å²) in [5.41, 5.74) is 1.61. The molecule has 2 rings (SSSR count). The Morgan fingerprint density at radius 3 is 2.67 bits per heavy atom. The van der Waals surface area contributed by atoms with E-state index in [-0.39, 0.29) is 4.91 Å². The predicted octanol–water partition coefficient (Wildman–Crippen LogP) is 1.86. The van der Waals surface area contributed by atoms with Crippen molar-refractivity contribution in [1.82, 2.24) is 0 Å². The number of carboxylic acids is 1. The van der Waals surface area contributed by atoms with Crippen LogP contribution in [0.15, 0.2) is 35.7 Å². The molecule has 1 heterocycles. The van der Waals surface area contributed by atoms with Crippen LogP contribution in [0.25, 0.3) is 0 Å². The number of carbonyl (C=O) groups excluding carboxylic acids is 1. The Kier molecular flexibility index (Phi) is 3.43. The van der Waals surface area contributed by atoms with Crippen molar-refractivity contribution in [2.45, 2.75) is 18.9 Å². The highest BCUT2D eigenvalue weighted by atomic mass is 32.1. The zero-order valence-electron chi connectivity index (χ0n) is 9.67. The Morgan fingerprint density at radius 2 is 2.06 bits per heavy atom. The van der Waals surface area contributed by atoms with E-state index in [1.807, 2.05) is 12.1 Å². The van der Waals surface area contributed by atoms with E-state index in [4.69, 9.17) is 0 Å². The maximum atomic E-state index is 12.1. The molecule has 1 aliphatic heterocycles. The third-order valence-corrected chi connectivity index (χ3v) is 3.19. The summed E-state index contributed by atoms with van der Waals surface area (Å²) >= 11 is 3.93. The Bertz CT molecular complexity index is 527. The van der Waals surface area contributed by atoms with Gasteiger partial charge in [-0.05, 0) is 24.5 Å². The number of nitrogens with zero attached hydrogens (tertiary/aromatic N) is 1. The van der Waals surface area contributed by atoms with Crippen LogP contribution in [0.3, 0.4) is 0 Å². The van der Waals surface area contributed by atoms with Gasteiger partial charge in [-0.2, -0.15) is 0 Å². The van der Waals surface area contributed by atoms with Gasteiger partial charge in [0.05, 0.1) is 4.91 Å². The topological polar surface area (TPSA) is 57.6 Å². The molecule has 4 nitrogen and oxygen atoms in total. The molecule has 1 amide bonds. The standard InChI is InChI=1S/C13H13NO3S/c1-8(18)12(15)14-10-5-3-2-4-9(10)6-7-11(14)13(16)17/h2-5,11,18H,1,6-7H2,(H,16,17). The molecule has 18 heavy (non-hydrogen) atoms. The number of fused-ring (bicyclic) bond motifs is 1. The van der Waals surface area contributed by atoms with Gasteiger partial charge in [-0.3, -0.25) is 9.69 Å². The van der Waals surface area contributed by atoms with Crippen LogP contribution in [0.4, 0.5) is 5.69 Å². The minimum atomic E-state index is -1.01. The summed E-state index contributed by atoms with van der Waals surface area (Å²) in [5, 5.41) is 9.22. The fraction of sp³-hybridized carbons (Fsp3) is 0.231. The van der Waals surface area contributed by atoms with Gasteiger partial charge in [0.15, 0.2) is 0 Å². The number of rotatable bonds is 2. The van der Waals surface area contributed by atoms with Crippen molar-refractivity contribution in [2.24, 2.45) is 0 Å².